The van der Waals surface area contributed by atoms with Crippen molar-refractivity contribution < 1.29 is 14.3 Å². The predicted octanol–water partition coefficient (Wildman–Crippen LogP) is 4.98. The largest absolute Gasteiger partial charge is 0.423 e. The molecule has 5 nitrogen and oxygen atoms in total. The number of rotatable bonds is 5. The maximum absolute atomic E-state index is 12.2. The van der Waals surface area contributed by atoms with Crippen LogP contribution in [0.5, 0.6) is 5.75 Å². The number of amides is 1. The van der Waals surface area contributed by atoms with Crippen LogP contribution < -0.4 is 10.2 Å². The van der Waals surface area contributed by atoms with Crippen LogP contribution in [0.2, 0.25) is 10.0 Å². The van der Waals surface area contributed by atoms with Gasteiger partial charge in [0.2, 0.25) is 0 Å². The fraction of sp³-hybridized carbons (Fsp3) is 0. The van der Waals surface area contributed by atoms with E-state index >= 15 is 0 Å². The Kier molecular flexibility index (Phi) is 6.42. The summed E-state index contributed by atoms with van der Waals surface area (Å²) in [4.78, 5) is 24.1. The molecule has 7 heteroatoms. The highest BCUT2D eigenvalue weighted by Gasteiger charge is 2.08. The van der Waals surface area contributed by atoms with Gasteiger partial charge in [0.15, 0.2) is 0 Å². The van der Waals surface area contributed by atoms with Crippen molar-refractivity contribution in [2.24, 2.45) is 5.10 Å². The van der Waals surface area contributed by atoms with E-state index in [2.05, 4.69) is 10.5 Å². The van der Waals surface area contributed by atoms with Gasteiger partial charge in [-0.15, -0.1) is 0 Å². The summed E-state index contributed by atoms with van der Waals surface area (Å²) in [7, 11) is 0. The summed E-state index contributed by atoms with van der Waals surface area (Å²) < 4.78 is 5.35. The summed E-state index contributed by atoms with van der Waals surface area (Å²) in [6.07, 6.45) is 1.45. The first-order valence-corrected chi connectivity index (χ1v) is 8.93. The minimum Gasteiger partial charge on any atom is -0.423 e. The molecule has 0 atom stereocenters. The van der Waals surface area contributed by atoms with E-state index in [-0.39, 0.29) is 5.91 Å². The van der Waals surface area contributed by atoms with Crippen molar-refractivity contribution in [1.82, 2.24) is 5.43 Å². The molecule has 0 fully saturated rings. The lowest BCUT2D eigenvalue weighted by Crippen LogP contribution is -2.17. The zero-order chi connectivity index (χ0) is 19.9. The Morgan fingerprint density at radius 3 is 2.11 bits per heavy atom. The zero-order valence-electron chi connectivity index (χ0n) is 14.4. The first-order chi connectivity index (χ1) is 13.5. The van der Waals surface area contributed by atoms with E-state index in [0.717, 1.165) is 0 Å². The van der Waals surface area contributed by atoms with E-state index in [9.17, 15) is 9.59 Å². The van der Waals surface area contributed by atoms with Gasteiger partial charge in [-0.25, -0.2) is 10.2 Å². The third kappa shape index (κ3) is 5.42. The number of ether oxygens (including phenoxy) is 1. The topological polar surface area (TPSA) is 67.8 Å². The maximum atomic E-state index is 12.2. The Morgan fingerprint density at radius 1 is 0.857 bits per heavy atom. The quantitative estimate of drug-likeness (QED) is 0.278. The molecule has 1 amide bonds. The molecular weight excluding hydrogens is 399 g/mol. The van der Waals surface area contributed by atoms with Crippen LogP contribution in [0.1, 0.15) is 26.3 Å². The number of hydrazone groups is 1. The number of benzene rings is 3. The Balaban J connectivity index is 1.61. The van der Waals surface area contributed by atoms with Gasteiger partial charge in [-0.05, 0) is 66.2 Å². The van der Waals surface area contributed by atoms with Gasteiger partial charge >= 0.3 is 5.97 Å². The van der Waals surface area contributed by atoms with E-state index in [0.29, 0.717) is 32.5 Å². The molecule has 0 spiro atoms. The van der Waals surface area contributed by atoms with Crippen molar-refractivity contribution in [3.63, 3.8) is 0 Å². The van der Waals surface area contributed by atoms with E-state index in [1.807, 2.05) is 0 Å². The molecule has 1 N–H and O–H groups in total. The van der Waals surface area contributed by atoms with Crippen LogP contribution in [-0.4, -0.2) is 18.1 Å². The number of carbonyl (C=O) groups is 2. The van der Waals surface area contributed by atoms with E-state index in [4.69, 9.17) is 27.9 Å². The molecule has 140 valence electrons. The summed E-state index contributed by atoms with van der Waals surface area (Å²) in [6, 6.07) is 19.6. The van der Waals surface area contributed by atoms with Crippen LogP contribution >= 0.6 is 23.2 Å². The number of nitrogens with zero attached hydrogens (tertiary/aromatic N) is 1. The highest BCUT2D eigenvalue weighted by atomic mass is 35.5. The first-order valence-electron chi connectivity index (χ1n) is 8.18. The van der Waals surface area contributed by atoms with Crippen LogP contribution in [0.4, 0.5) is 0 Å². The van der Waals surface area contributed by atoms with Crippen LogP contribution in [0.25, 0.3) is 0 Å². The summed E-state index contributed by atoms with van der Waals surface area (Å²) in [5.41, 5.74) is 3.90. The summed E-state index contributed by atoms with van der Waals surface area (Å²) in [5, 5.41) is 5.00. The van der Waals surface area contributed by atoms with Gasteiger partial charge in [0, 0.05) is 15.6 Å². The number of carbonyl (C=O) groups excluding carboxylic acids is 2. The molecule has 0 aliphatic heterocycles. The van der Waals surface area contributed by atoms with Crippen molar-refractivity contribution >= 4 is 41.3 Å². The van der Waals surface area contributed by atoms with Crippen molar-refractivity contribution in [3.05, 3.63) is 99.5 Å². The zero-order valence-corrected chi connectivity index (χ0v) is 15.9. The number of hydrogen-bond acceptors (Lipinski definition) is 4. The first kappa shape index (κ1) is 19.6. The molecule has 28 heavy (non-hydrogen) atoms. The van der Waals surface area contributed by atoms with E-state index in [1.54, 1.807) is 72.8 Å². The van der Waals surface area contributed by atoms with E-state index < -0.39 is 5.97 Å². The Morgan fingerprint density at radius 2 is 1.46 bits per heavy atom. The van der Waals surface area contributed by atoms with Crippen molar-refractivity contribution in [2.75, 3.05) is 0 Å². The lowest BCUT2D eigenvalue weighted by molar-refractivity contribution is 0.0734. The normalized spacial score (nSPS) is 10.6. The minimum absolute atomic E-state index is 0.355. The molecule has 3 aromatic carbocycles. The van der Waals surface area contributed by atoms with Crippen LogP contribution in [0, 0.1) is 0 Å². The molecule has 0 heterocycles. The molecule has 0 aliphatic carbocycles. The third-order valence-corrected chi connectivity index (χ3v) is 4.14. The fourth-order valence-electron chi connectivity index (χ4n) is 2.24. The second-order valence-corrected chi connectivity index (χ2v) is 6.55. The molecule has 0 unspecified atom stereocenters. The lowest BCUT2D eigenvalue weighted by atomic mass is 10.2. The van der Waals surface area contributed by atoms with Crippen LogP contribution in [0.15, 0.2) is 77.9 Å². The smallest absolute Gasteiger partial charge is 0.343 e. The van der Waals surface area contributed by atoms with Crippen molar-refractivity contribution in [1.29, 1.82) is 0 Å². The Hall–Kier alpha value is -3.15. The second kappa shape index (κ2) is 9.17. The van der Waals surface area contributed by atoms with Crippen molar-refractivity contribution in [3.8, 4) is 5.75 Å². The van der Waals surface area contributed by atoms with Crippen LogP contribution in [0.3, 0.4) is 0 Å². The molecule has 3 aromatic rings. The minimum atomic E-state index is -0.498. The standard InChI is InChI=1S/C21H14Cl2N2O3/c22-17-8-4-15(5-9-17)20(26)25-24-13-14-2-1-3-19(12-14)28-21(27)16-6-10-18(23)11-7-16/h1-13H,(H,25,26). The van der Waals surface area contributed by atoms with Crippen molar-refractivity contribution in [2.45, 2.75) is 0 Å². The molecule has 0 saturated heterocycles. The van der Waals surface area contributed by atoms with Gasteiger partial charge in [-0.3, -0.25) is 4.79 Å². The number of esters is 1. The second-order valence-electron chi connectivity index (χ2n) is 5.67. The lowest BCUT2D eigenvalue weighted by Gasteiger charge is -2.05. The molecule has 0 aliphatic rings. The average molecular weight is 413 g/mol. The van der Waals surface area contributed by atoms with Crippen LogP contribution in [-0.2, 0) is 0 Å². The molecular formula is C21H14Cl2N2O3. The highest BCUT2D eigenvalue weighted by Crippen LogP contribution is 2.16. The summed E-state index contributed by atoms with van der Waals surface area (Å²) in [6.45, 7) is 0. The monoisotopic (exact) mass is 412 g/mol. The molecule has 0 saturated carbocycles. The summed E-state index contributed by atoms with van der Waals surface area (Å²) in [5.74, 6) is -0.507. The average Bonchev–Trinajstić information content (AvgIpc) is 2.69. The molecule has 0 bridgehead atoms. The number of hydrogen-bond donors (Lipinski definition) is 1. The molecule has 0 aromatic heterocycles. The predicted molar refractivity (Wildman–Crippen MR) is 109 cm³/mol. The fourth-order valence-corrected chi connectivity index (χ4v) is 2.49. The van der Waals surface area contributed by atoms with E-state index in [1.165, 1.54) is 6.21 Å². The maximum Gasteiger partial charge on any atom is 0.343 e. The Bertz CT molecular complexity index is 1020. The third-order valence-electron chi connectivity index (χ3n) is 3.63. The van der Waals surface area contributed by atoms with Gasteiger partial charge in [-0.2, -0.15) is 5.10 Å². The number of halogens is 2. The van der Waals surface area contributed by atoms with Gasteiger partial charge in [0.05, 0.1) is 11.8 Å². The van der Waals surface area contributed by atoms with Gasteiger partial charge < -0.3 is 4.74 Å². The number of nitrogens with one attached hydrogen (secondary N) is 1. The van der Waals surface area contributed by atoms with Gasteiger partial charge in [-0.1, -0.05) is 35.3 Å². The highest BCUT2D eigenvalue weighted by molar-refractivity contribution is 6.31. The Labute approximate surface area is 171 Å². The molecule has 3 rings (SSSR count). The van der Waals surface area contributed by atoms with Gasteiger partial charge in [0.25, 0.3) is 5.91 Å². The summed E-state index contributed by atoms with van der Waals surface area (Å²) >= 11 is 11.6. The van der Waals surface area contributed by atoms with Gasteiger partial charge in [0.1, 0.15) is 5.75 Å². The molecule has 0 radical (unpaired) electrons. The SMILES string of the molecule is O=C(NN=Cc1cccc(OC(=O)c2ccc(Cl)cc2)c1)c1ccc(Cl)cc1.